The Morgan fingerprint density at radius 1 is 1.55 bits per heavy atom. The van der Waals surface area contributed by atoms with Gasteiger partial charge in [-0.25, -0.2) is 9.78 Å². The molecule has 1 fully saturated rings. The topological polar surface area (TPSA) is 80.8 Å². The minimum Gasteiger partial charge on any atom is -0.465 e. The number of amides is 1. The summed E-state index contributed by atoms with van der Waals surface area (Å²) >= 11 is 0. The number of methoxy groups -OCH3 is 1. The van der Waals surface area contributed by atoms with E-state index in [4.69, 9.17) is 4.74 Å². The first-order chi connectivity index (χ1) is 9.67. The summed E-state index contributed by atoms with van der Waals surface area (Å²) in [6.45, 7) is 1.34. The highest BCUT2D eigenvalue weighted by Crippen LogP contribution is 2.19. The molecule has 108 valence electrons. The van der Waals surface area contributed by atoms with Crippen LogP contribution in [0.1, 0.15) is 10.4 Å². The first-order valence-corrected chi connectivity index (χ1v) is 6.27. The van der Waals surface area contributed by atoms with Crippen LogP contribution < -0.4 is 10.2 Å². The highest BCUT2D eigenvalue weighted by Gasteiger charge is 2.30. The molecular weight excluding hydrogens is 262 g/mol. The second-order valence-corrected chi connectivity index (χ2v) is 4.29. The third-order valence-electron chi connectivity index (χ3n) is 3.14. The molecule has 1 aliphatic heterocycles. The minimum absolute atomic E-state index is 0.144. The molecule has 1 unspecified atom stereocenters. The first kappa shape index (κ1) is 14.3. The van der Waals surface area contributed by atoms with Crippen LogP contribution in [0, 0.1) is 0 Å². The lowest BCUT2D eigenvalue weighted by atomic mass is 10.2. The van der Waals surface area contributed by atoms with E-state index in [0.717, 1.165) is 0 Å². The molecule has 1 saturated heterocycles. The molecule has 0 aromatic carbocycles. The van der Waals surface area contributed by atoms with Crippen molar-refractivity contribution >= 4 is 17.7 Å². The molecule has 7 nitrogen and oxygen atoms in total. The highest BCUT2D eigenvalue weighted by molar-refractivity contribution is 5.90. The lowest BCUT2D eigenvalue weighted by molar-refractivity contribution is -0.124. The Balaban J connectivity index is 2.28. The van der Waals surface area contributed by atoms with Crippen LogP contribution in [0.15, 0.2) is 18.3 Å². The summed E-state index contributed by atoms with van der Waals surface area (Å²) in [4.78, 5) is 29.5. The maximum absolute atomic E-state index is 11.9. The van der Waals surface area contributed by atoms with E-state index in [1.54, 1.807) is 19.2 Å². The van der Waals surface area contributed by atoms with Gasteiger partial charge in [-0.15, -0.1) is 0 Å². The number of esters is 1. The molecule has 2 rings (SSSR count). The van der Waals surface area contributed by atoms with Crippen molar-refractivity contribution in [2.75, 3.05) is 38.8 Å². The molecular formula is C13H17N3O4. The Labute approximate surface area is 116 Å². The molecule has 1 atom stereocenters. The van der Waals surface area contributed by atoms with Gasteiger partial charge in [0.05, 0.1) is 25.9 Å². The van der Waals surface area contributed by atoms with Gasteiger partial charge in [0.15, 0.2) is 0 Å². The van der Waals surface area contributed by atoms with Crippen LogP contribution in [0.25, 0.3) is 0 Å². The second-order valence-electron chi connectivity index (χ2n) is 4.29. The van der Waals surface area contributed by atoms with Crippen molar-refractivity contribution in [2.24, 2.45) is 0 Å². The maximum Gasteiger partial charge on any atom is 0.338 e. The van der Waals surface area contributed by atoms with Gasteiger partial charge >= 0.3 is 5.97 Å². The zero-order valence-electron chi connectivity index (χ0n) is 11.5. The van der Waals surface area contributed by atoms with Crippen LogP contribution in [0.2, 0.25) is 0 Å². The fraction of sp³-hybridized carbons (Fsp3) is 0.462. The van der Waals surface area contributed by atoms with Gasteiger partial charge in [-0.3, -0.25) is 4.79 Å². The number of rotatable bonds is 3. The van der Waals surface area contributed by atoms with Gasteiger partial charge in [0.2, 0.25) is 5.91 Å². The van der Waals surface area contributed by atoms with Crippen molar-refractivity contribution in [1.82, 2.24) is 10.3 Å². The Kier molecular flexibility index (Phi) is 4.52. The van der Waals surface area contributed by atoms with Crippen molar-refractivity contribution in [1.29, 1.82) is 0 Å². The van der Waals surface area contributed by atoms with Gasteiger partial charge in [0.1, 0.15) is 11.9 Å². The summed E-state index contributed by atoms with van der Waals surface area (Å²) in [5.74, 6) is -0.0156. The van der Waals surface area contributed by atoms with Gasteiger partial charge < -0.3 is 19.7 Å². The number of nitrogens with one attached hydrogen (secondary N) is 1. The molecule has 20 heavy (non-hydrogen) atoms. The standard InChI is InChI=1S/C13H17N3O4/c1-14-12(17)10-8-20-6-5-16(10)11-7-9(3-4-15-11)13(18)19-2/h3-4,7,10H,5-6,8H2,1-2H3,(H,14,17). The number of hydrogen-bond acceptors (Lipinski definition) is 6. The van der Waals surface area contributed by atoms with E-state index >= 15 is 0 Å². The Morgan fingerprint density at radius 3 is 3.05 bits per heavy atom. The van der Waals surface area contributed by atoms with E-state index in [1.807, 2.05) is 4.90 Å². The van der Waals surface area contributed by atoms with E-state index in [9.17, 15) is 9.59 Å². The number of carbonyl (C=O) groups excluding carboxylic acids is 2. The summed E-state index contributed by atoms with van der Waals surface area (Å²) in [6, 6.07) is 2.74. The monoisotopic (exact) mass is 279 g/mol. The molecule has 0 spiro atoms. The normalized spacial score (nSPS) is 18.5. The molecule has 0 saturated carbocycles. The number of pyridine rings is 1. The zero-order valence-corrected chi connectivity index (χ0v) is 11.5. The van der Waals surface area contributed by atoms with E-state index in [2.05, 4.69) is 15.0 Å². The van der Waals surface area contributed by atoms with E-state index in [0.29, 0.717) is 31.1 Å². The number of hydrogen-bond donors (Lipinski definition) is 1. The molecule has 7 heteroatoms. The number of carbonyl (C=O) groups is 2. The van der Waals surface area contributed by atoms with Crippen molar-refractivity contribution in [3.63, 3.8) is 0 Å². The van der Waals surface area contributed by atoms with Crippen LogP contribution in [0.3, 0.4) is 0 Å². The number of aromatic nitrogens is 1. The summed E-state index contributed by atoms with van der Waals surface area (Å²) in [5.41, 5.74) is 0.402. The van der Waals surface area contributed by atoms with Crippen molar-refractivity contribution in [2.45, 2.75) is 6.04 Å². The highest BCUT2D eigenvalue weighted by atomic mass is 16.5. The molecule has 2 heterocycles. The fourth-order valence-corrected chi connectivity index (χ4v) is 2.08. The fourth-order valence-electron chi connectivity index (χ4n) is 2.08. The molecule has 0 aliphatic carbocycles. The van der Waals surface area contributed by atoms with Gasteiger partial charge in [-0.1, -0.05) is 0 Å². The van der Waals surface area contributed by atoms with Crippen molar-refractivity contribution in [3.8, 4) is 0 Å². The second kappa shape index (κ2) is 6.33. The molecule has 1 aromatic heterocycles. The average molecular weight is 279 g/mol. The van der Waals surface area contributed by atoms with Crippen LogP contribution in [-0.2, 0) is 14.3 Å². The lowest BCUT2D eigenvalue weighted by Gasteiger charge is -2.35. The molecule has 0 bridgehead atoms. The summed E-state index contributed by atoms with van der Waals surface area (Å²) in [7, 11) is 2.90. The van der Waals surface area contributed by atoms with E-state index in [1.165, 1.54) is 13.3 Å². The predicted octanol–water partition coefficient (Wildman–Crippen LogP) is -0.181. The van der Waals surface area contributed by atoms with Crippen molar-refractivity contribution in [3.05, 3.63) is 23.9 Å². The van der Waals surface area contributed by atoms with Gasteiger partial charge in [-0.05, 0) is 12.1 Å². The largest absolute Gasteiger partial charge is 0.465 e. The summed E-state index contributed by atoms with van der Waals surface area (Å²) < 4.78 is 10.0. The number of ether oxygens (including phenoxy) is 2. The summed E-state index contributed by atoms with van der Waals surface area (Å²) in [5, 5.41) is 2.60. The number of anilines is 1. The first-order valence-electron chi connectivity index (χ1n) is 6.27. The number of morpholine rings is 1. The van der Waals surface area contributed by atoms with Gasteiger partial charge in [-0.2, -0.15) is 0 Å². The third-order valence-corrected chi connectivity index (χ3v) is 3.14. The van der Waals surface area contributed by atoms with E-state index in [-0.39, 0.29) is 5.91 Å². The average Bonchev–Trinajstić information content (AvgIpc) is 2.53. The summed E-state index contributed by atoms with van der Waals surface area (Å²) in [6.07, 6.45) is 1.53. The maximum atomic E-state index is 11.9. The van der Waals surface area contributed by atoms with E-state index < -0.39 is 12.0 Å². The van der Waals surface area contributed by atoms with Crippen LogP contribution in [0.5, 0.6) is 0 Å². The van der Waals surface area contributed by atoms with Crippen LogP contribution in [-0.4, -0.2) is 56.8 Å². The van der Waals surface area contributed by atoms with Crippen molar-refractivity contribution < 1.29 is 19.1 Å². The molecule has 1 N–H and O–H groups in total. The van der Waals surface area contributed by atoms with Gasteiger partial charge in [0, 0.05) is 19.8 Å². The Hall–Kier alpha value is -2.15. The number of likely N-dealkylation sites (N-methyl/N-ethyl adjacent to an activating group) is 1. The lowest BCUT2D eigenvalue weighted by Crippen LogP contribution is -2.53. The van der Waals surface area contributed by atoms with Crippen LogP contribution in [0.4, 0.5) is 5.82 Å². The Bertz CT molecular complexity index is 506. The SMILES string of the molecule is CNC(=O)C1COCCN1c1cc(C(=O)OC)ccn1. The molecule has 1 aromatic rings. The molecule has 1 aliphatic rings. The predicted molar refractivity (Wildman–Crippen MR) is 71.6 cm³/mol. The molecule has 0 radical (unpaired) electrons. The third kappa shape index (κ3) is 2.88. The molecule has 1 amide bonds. The van der Waals surface area contributed by atoms with Gasteiger partial charge in [0.25, 0.3) is 0 Å². The minimum atomic E-state index is -0.450. The zero-order chi connectivity index (χ0) is 14.5. The smallest absolute Gasteiger partial charge is 0.338 e. The number of nitrogens with zero attached hydrogens (tertiary/aromatic N) is 2. The quantitative estimate of drug-likeness (QED) is 0.773. The Morgan fingerprint density at radius 2 is 2.35 bits per heavy atom. The van der Waals surface area contributed by atoms with Crippen LogP contribution >= 0.6 is 0 Å².